The van der Waals surface area contributed by atoms with E-state index in [1.54, 1.807) is 48.3 Å². The average molecular weight is 499 g/mol. The van der Waals surface area contributed by atoms with E-state index in [9.17, 15) is 17.6 Å². The topological polar surface area (TPSA) is 93.1 Å². The molecule has 0 aliphatic rings. The van der Waals surface area contributed by atoms with Gasteiger partial charge in [0, 0.05) is 30.0 Å². The fourth-order valence-electron chi connectivity index (χ4n) is 3.37. The molecule has 0 radical (unpaired) electrons. The number of para-hydroxylation sites is 1. The minimum absolute atomic E-state index is 0.115. The maximum Gasteiger partial charge on any atom is 0.262 e. The van der Waals surface area contributed by atoms with Gasteiger partial charge in [0.25, 0.3) is 15.9 Å². The summed E-state index contributed by atoms with van der Waals surface area (Å²) in [5, 5.41) is 3.46. The molecule has 4 rings (SSSR count). The number of nitrogens with one attached hydrogen (secondary N) is 2. The Morgan fingerprint density at radius 1 is 1.06 bits per heavy atom. The first-order chi connectivity index (χ1) is 16.2. The van der Waals surface area contributed by atoms with Gasteiger partial charge in [0.05, 0.1) is 10.6 Å². The van der Waals surface area contributed by atoms with Crippen LogP contribution in [0.15, 0.2) is 90.1 Å². The summed E-state index contributed by atoms with van der Waals surface area (Å²) >= 11 is 6.01. The molecule has 0 unspecified atom stereocenters. The molecule has 3 aromatic carbocycles. The number of halogens is 2. The van der Waals surface area contributed by atoms with Gasteiger partial charge in [-0.2, -0.15) is 0 Å². The number of hydrogen-bond donors (Lipinski definition) is 2. The fraction of sp³-hybridized carbons (Fsp3) is 0.0833. The first-order valence-corrected chi connectivity index (χ1v) is 12.0. The van der Waals surface area contributed by atoms with Crippen LogP contribution in [0.5, 0.6) is 0 Å². The Balaban J connectivity index is 1.62. The van der Waals surface area contributed by atoms with Crippen molar-refractivity contribution in [3.8, 4) is 0 Å². The lowest BCUT2D eigenvalue weighted by Gasteiger charge is -2.19. The summed E-state index contributed by atoms with van der Waals surface area (Å²) in [5.41, 5.74) is 0.677. The second-order valence-electron chi connectivity index (χ2n) is 7.47. The molecule has 4 aromatic rings. The van der Waals surface area contributed by atoms with Gasteiger partial charge in [-0.25, -0.2) is 17.8 Å². The molecule has 10 heteroatoms. The molecule has 1 amide bonds. The molecular weight excluding hydrogens is 479 g/mol. The van der Waals surface area contributed by atoms with E-state index >= 15 is 0 Å². The molecule has 1 heterocycles. The highest BCUT2D eigenvalue weighted by Crippen LogP contribution is 2.24. The number of carbonyl (C=O) groups excluding carboxylic acids is 1. The largest absolute Gasteiger partial charge is 0.338 e. The number of benzene rings is 3. The van der Waals surface area contributed by atoms with Crippen LogP contribution in [0.2, 0.25) is 5.02 Å². The molecule has 7 nitrogen and oxygen atoms in total. The van der Waals surface area contributed by atoms with Crippen LogP contribution in [-0.2, 0) is 17.1 Å². The Labute approximate surface area is 201 Å². The van der Waals surface area contributed by atoms with Gasteiger partial charge >= 0.3 is 0 Å². The van der Waals surface area contributed by atoms with Crippen LogP contribution in [0.1, 0.15) is 27.8 Å². The number of imidazole rings is 1. The lowest BCUT2D eigenvalue weighted by Crippen LogP contribution is -2.31. The number of aryl methyl sites for hydroxylation is 1. The molecule has 0 saturated heterocycles. The van der Waals surface area contributed by atoms with Crippen molar-refractivity contribution in [2.45, 2.75) is 10.9 Å². The first kappa shape index (κ1) is 23.5. The van der Waals surface area contributed by atoms with Crippen molar-refractivity contribution in [3.05, 3.63) is 113 Å². The number of amides is 1. The lowest BCUT2D eigenvalue weighted by molar-refractivity contribution is 0.0941. The highest BCUT2D eigenvalue weighted by atomic mass is 35.5. The standard InChI is InChI=1S/C24H20ClFN4O3S/c1-30-14-13-27-23(30)22(16-9-11-18(25)12-10-16)28-24(31)17-5-4-6-19(15-17)34(32,33)29-21-8-3-2-7-20(21)26/h2-15,22,29H,1H3,(H,28,31)/t22-/m0/s1. The van der Waals surface area contributed by atoms with Gasteiger partial charge in [0.2, 0.25) is 0 Å². The molecule has 2 N–H and O–H groups in total. The summed E-state index contributed by atoms with van der Waals surface area (Å²) in [6.07, 6.45) is 3.37. The molecule has 1 atom stereocenters. The highest BCUT2D eigenvalue weighted by Gasteiger charge is 2.23. The minimum Gasteiger partial charge on any atom is -0.338 e. The van der Waals surface area contributed by atoms with Gasteiger partial charge in [-0.3, -0.25) is 9.52 Å². The molecule has 34 heavy (non-hydrogen) atoms. The van der Waals surface area contributed by atoms with Crippen molar-refractivity contribution in [3.63, 3.8) is 0 Å². The monoisotopic (exact) mass is 498 g/mol. The highest BCUT2D eigenvalue weighted by molar-refractivity contribution is 7.92. The second kappa shape index (κ2) is 9.66. The summed E-state index contributed by atoms with van der Waals surface area (Å²) in [5.74, 6) is -0.632. The zero-order chi connectivity index (χ0) is 24.3. The third-order valence-corrected chi connectivity index (χ3v) is 6.74. The quantitative estimate of drug-likeness (QED) is 0.391. The van der Waals surface area contributed by atoms with Crippen molar-refractivity contribution in [2.24, 2.45) is 7.05 Å². The van der Waals surface area contributed by atoms with Crippen molar-refractivity contribution >= 4 is 33.2 Å². The molecule has 174 valence electrons. The molecule has 0 aliphatic carbocycles. The molecule has 1 aromatic heterocycles. The summed E-state index contributed by atoms with van der Waals surface area (Å²) < 4.78 is 43.5. The SMILES string of the molecule is Cn1ccnc1[C@@H](NC(=O)c1cccc(S(=O)(=O)Nc2ccccc2F)c1)c1ccc(Cl)cc1. The normalized spacial score (nSPS) is 12.2. The van der Waals surface area contributed by atoms with Crippen molar-refractivity contribution in [2.75, 3.05) is 4.72 Å². The van der Waals surface area contributed by atoms with Crippen molar-refractivity contribution in [1.29, 1.82) is 0 Å². The van der Waals surface area contributed by atoms with Gasteiger partial charge in [0.1, 0.15) is 17.7 Å². The maximum absolute atomic E-state index is 13.9. The lowest BCUT2D eigenvalue weighted by atomic mass is 10.1. The van der Waals surface area contributed by atoms with Crippen molar-refractivity contribution < 1.29 is 17.6 Å². The van der Waals surface area contributed by atoms with Gasteiger partial charge < -0.3 is 9.88 Å². The van der Waals surface area contributed by atoms with E-state index in [2.05, 4.69) is 15.0 Å². The molecular formula is C24H20ClFN4O3S. The van der Waals surface area contributed by atoms with Gasteiger partial charge in [-0.15, -0.1) is 0 Å². The summed E-state index contributed by atoms with van der Waals surface area (Å²) in [6.45, 7) is 0. The number of sulfonamides is 1. The number of aromatic nitrogens is 2. The third-order valence-electron chi connectivity index (χ3n) is 5.12. The van der Waals surface area contributed by atoms with Gasteiger partial charge in [-0.1, -0.05) is 41.9 Å². The molecule has 0 spiro atoms. The predicted octanol–water partition coefficient (Wildman–Crippen LogP) is 4.53. The van der Waals surface area contributed by atoms with E-state index < -0.39 is 27.8 Å². The van der Waals surface area contributed by atoms with E-state index in [1.165, 1.54) is 42.5 Å². The maximum atomic E-state index is 13.9. The Hall–Kier alpha value is -3.69. The smallest absolute Gasteiger partial charge is 0.262 e. The summed E-state index contributed by atoms with van der Waals surface area (Å²) in [7, 11) is -2.32. The van der Waals surface area contributed by atoms with Crippen molar-refractivity contribution in [1.82, 2.24) is 14.9 Å². The number of carbonyl (C=O) groups is 1. The summed E-state index contributed by atoms with van der Waals surface area (Å²) in [6, 6.07) is 17.3. The van der Waals surface area contributed by atoms with Crippen LogP contribution >= 0.6 is 11.6 Å². The van der Waals surface area contributed by atoms with Crippen LogP contribution in [0.25, 0.3) is 0 Å². The van der Waals surface area contributed by atoms with Gasteiger partial charge in [0.15, 0.2) is 0 Å². The molecule has 0 fully saturated rings. The average Bonchev–Trinajstić information content (AvgIpc) is 3.25. The molecule has 0 saturated carbocycles. The Morgan fingerprint density at radius 3 is 2.47 bits per heavy atom. The van der Waals surface area contributed by atoms with E-state index in [-0.39, 0.29) is 16.1 Å². The third kappa shape index (κ3) is 5.11. The van der Waals surface area contributed by atoms with E-state index in [4.69, 9.17) is 11.6 Å². The number of anilines is 1. The van der Waals surface area contributed by atoms with Crippen LogP contribution in [0.4, 0.5) is 10.1 Å². The minimum atomic E-state index is -4.13. The number of hydrogen-bond acceptors (Lipinski definition) is 4. The van der Waals surface area contributed by atoms with Gasteiger partial charge in [-0.05, 0) is 48.0 Å². The summed E-state index contributed by atoms with van der Waals surface area (Å²) in [4.78, 5) is 17.3. The fourth-order valence-corrected chi connectivity index (χ4v) is 4.61. The molecule has 0 bridgehead atoms. The number of nitrogens with zero attached hydrogens (tertiary/aromatic N) is 2. The van der Waals surface area contributed by atoms with Crippen LogP contribution < -0.4 is 10.0 Å². The van der Waals surface area contributed by atoms with Crippen LogP contribution in [-0.4, -0.2) is 23.9 Å². The second-order valence-corrected chi connectivity index (χ2v) is 9.59. The number of rotatable bonds is 7. The van der Waals surface area contributed by atoms with Crippen LogP contribution in [0, 0.1) is 5.82 Å². The first-order valence-electron chi connectivity index (χ1n) is 10.2. The van der Waals surface area contributed by atoms with E-state index in [0.29, 0.717) is 10.8 Å². The van der Waals surface area contributed by atoms with E-state index in [1.807, 2.05) is 0 Å². The predicted molar refractivity (Wildman–Crippen MR) is 128 cm³/mol. The zero-order valence-corrected chi connectivity index (χ0v) is 19.5. The zero-order valence-electron chi connectivity index (χ0n) is 17.9. The Morgan fingerprint density at radius 2 is 1.79 bits per heavy atom. The Bertz CT molecular complexity index is 1440. The van der Waals surface area contributed by atoms with E-state index in [0.717, 1.165) is 11.6 Å². The molecule has 0 aliphatic heterocycles. The Kier molecular flexibility index (Phi) is 6.67. The van der Waals surface area contributed by atoms with Crippen LogP contribution in [0.3, 0.4) is 0 Å².